The van der Waals surface area contributed by atoms with E-state index in [0.29, 0.717) is 10.5 Å². The maximum absolute atomic E-state index is 8.58. The van der Waals surface area contributed by atoms with Crippen LogP contribution in [0.4, 0.5) is 0 Å². The third kappa shape index (κ3) is 10.4. The van der Waals surface area contributed by atoms with Gasteiger partial charge in [-0.05, 0) is 39.1 Å². The first-order chi connectivity index (χ1) is 14.5. The Bertz CT molecular complexity index is 1010. The minimum Gasteiger partial charge on any atom is -0.423 e. The fourth-order valence-electron chi connectivity index (χ4n) is 2.19. The van der Waals surface area contributed by atoms with E-state index < -0.39 is 7.12 Å². The van der Waals surface area contributed by atoms with Crippen LogP contribution in [0.3, 0.4) is 0 Å². The largest absolute Gasteiger partial charge is 0.488 e. The van der Waals surface area contributed by atoms with E-state index >= 15 is 0 Å². The first-order valence-electron chi connectivity index (χ1n) is 8.80. The van der Waals surface area contributed by atoms with Crippen molar-refractivity contribution in [1.82, 2.24) is 9.97 Å². The molecule has 4 aromatic rings. The van der Waals surface area contributed by atoms with Crippen LogP contribution < -0.4 is 5.46 Å². The Labute approximate surface area is 209 Å². The normalized spacial score (nSPS) is 8.91. The zero-order valence-electron chi connectivity index (χ0n) is 15.7. The molecule has 0 bridgehead atoms. The van der Waals surface area contributed by atoms with E-state index in [2.05, 4.69) is 25.9 Å². The van der Waals surface area contributed by atoms with E-state index in [1.165, 1.54) is 0 Å². The smallest absolute Gasteiger partial charge is 0.423 e. The molecule has 0 unspecified atom stereocenters. The average molecular weight is 536 g/mol. The van der Waals surface area contributed by atoms with Crippen molar-refractivity contribution in [3.63, 3.8) is 0 Å². The number of hydrogen-bond donors (Lipinski definition) is 2. The van der Waals surface area contributed by atoms with Crippen molar-refractivity contribution in [2.45, 2.75) is 14.9 Å². The molecule has 4 rings (SSSR count). The summed E-state index contributed by atoms with van der Waals surface area (Å²) in [5, 5.41) is 18.6. The van der Waals surface area contributed by atoms with Gasteiger partial charge in [-0.2, -0.15) is 0 Å². The van der Waals surface area contributed by atoms with E-state index in [1.807, 2.05) is 36.4 Å². The molecule has 2 heterocycles. The molecule has 0 spiro atoms. The summed E-state index contributed by atoms with van der Waals surface area (Å²) in [6, 6.07) is 22.2. The maximum Gasteiger partial charge on any atom is 0.488 e. The van der Waals surface area contributed by atoms with Crippen LogP contribution >= 0.6 is 39.1 Å². The quantitative estimate of drug-likeness (QED) is 0.286. The van der Waals surface area contributed by atoms with Crippen LogP contribution in [0.2, 0.25) is 10.0 Å². The Kier molecular flexibility index (Phi) is 15.3. The highest BCUT2D eigenvalue weighted by molar-refractivity contribution is 9.10. The molecule has 2 N–H and O–H groups in total. The lowest BCUT2D eigenvalue weighted by Crippen LogP contribution is -2.29. The monoisotopic (exact) mass is 534 g/mol. The fraction of sp³-hybridized carbons (Fsp3) is 0.0833. The lowest BCUT2D eigenvalue weighted by Gasteiger charge is -2.01. The summed E-state index contributed by atoms with van der Waals surface area (Å²) in [5.74, 6) is 0. The fourth-order valence-corrected chi connectivity index (χ4v) is 2.76. The number of aromatic nitrogens is 2. The van der Waals surface area contributed by atoms with Gasteiger partial charge in [-0.3, -0.25) is 9.97 Å². The molecule has 32 heavy (non-hydrogen) atoms. The standard InChI is InChI=1S/C11H8ClN.C6H7BO2.C5H3BrClN.2CH4/c12-11-6-7-13-8-10(11)9-4-2-1-3-5-9;8-7(9)6-4-2-1-3-5-6;6-4-3-8-2-1-5(4)7;;/h1-8H;1-5,8-9H;1-3H;2*1H4. The minimum absolute atomic E-state index is 0. The highest BCUT2D eigenvalue weighted by Gasteiger charge is 2.07. The number of halogens is 3. The zero-order valence-corrected chi connectivity index (χ0v) is 18.8. The Hall–Kier alpha value is -2.22. The van der Waals surface area contributed by atoms with Crippen molar-refractivity contribution < 1.29 is 10.0 Å². The summed E-state index contributed by atoms with van der Waals surface area (Å²) < 4.78 is 0.835. The highest BCUT2D eigenvalue weighted by Crippen LogP contribution is 2.25. The van der Waals surface area contributed by atoms with Crippen molar-refractivity contribution in [3.05, 3.63) is 112 Å². The SMILES string of the molecule is C.C.Clc1ccncc1-c1ccccc1.Clc1ccncc1Br.OB(O)c1ccccc1. The second kappa shape index (κ2) is 16.4. The van der Waals surface area contributed by atoms with Crippen molar-refractivity contribution in [2.75, 3.05) is 0 Å². The molecule has 0 saturated heterocycles. The summed E-state index contributed by atoms with van der Waals surface area (Å²) in [6.07, 6.45) is 6.77. The number of hydrogen-bond acceptors (Lipinski definition) is 4. The predicted molar refractivity (Wildman–Crippen MR) is 141 cm³/mol. The maximum atomic E-state index is 8.58. The molecule has 0 radical (unpaired) electrons. The molecule has 0 aliphatic carbocycles. The average Bonchev–Trinajstić information content (AvgIpc) is 2.78. The third-order valence-corrected chi connectivity index (χ3v) is 5.19. The molecule has 0 aliphatic rings. The molecule has 4 nitrogen and oxygen atoms in total. The molecule has 2 aromatic heterocycles. The molecular formula is C24H26BBrCl2N2O2. The first kappa shape index (κ1) is 29.8. The second-order valence-electron chi connectivity index (χ2n) is 5.80. The van der Waals surface area contributed by atoms with Gasteiger partial charge in [0.25, 0.3) is 0 Å². The van der Waals surface area contributed by atoms with Crippen LogP contribution in [0.15, 0.2) is 102 Å². The molecule has 0 saturated carbocycles. The van der Waals surface area contributed by atoms with Crippen LogP contribution in [0.5, 0.6) is 0 Å². The van der Waals surface area contributed by atoms with Gasteiger partial charge in [0, 0.05) is 30.4 Å². The summed E-state index contributed by atoms with van der Waals surface area (Å²) >= 11 is 14.8. The minimum atomic E-state index is -1.34. The van der Waals surface area contributed by atoms with Gasteiger partial charge in [-0.15, -0.1) is 0 Å². The Morgan fingerprint density at radius 1 is 0.688 bits per heavy atom. The van der Waals surface area contributed by atoms with Gasteiger partial charge in [0.15, 0.2) is 0 Å². The van der Waals surface area contributed by atoms with E-state index in [0.717, 1.165) is 20.6 Å². The Morgan fingerprint density at radius 2 is 1.19 bits per heavy atom. The van der Waals surface area contributed by atoms with Gasteiger partial charge in [0.05, 0.1) is 14.5 Å². The zero-order chi connectivity index (χ0) is 21.8. The molecule has 8 heteroatoms. The summed E-state index contributed by atoms with van der Waals surface area (Å²) in [5.41, 5.74) is 2.60. The third-order valence-electron chi connectivity index (χ3n) is 3.67. The highest BCUT2D eigenvalue weighted by atomic mass is 79.9. The van der Waals surface area contributed by atoms with Crippen LogP contribution in [-0.2, 0) is 0 Å². The molecular weight excluding hydrogens is 510 g/mol. The molecule has 2 aromatic carbocycles. The first-order valence-corrected chi connectivity index (χ1v) is 10.3. The van der Waals surface area contributed by atoms with Crippen LogP contribution in [-0.4, -0.2) is 27.1 Å². The number of nitrogens with zero attached hydrogens (tertiary/aromatic N) is 2. The molecule has 0 amide bonds. The summed E-state index contributed by atoms with van der Waals surface area (Å²) in [4.78, 5) is 7.85. The molecule has 0 fully saturated rings. The summed E-state index contributed by atoms with van der Waals surface area (Å²) in [6.45, 7) is 0. The van der Waals surface area contributed by atoms with E-state index in [9.17, 15) is 0 Å². The van der Waals surface area contributed by atoms with Crippen molar-refractivity contribution in [3.8, 4) is 11.1 Å². The lowest BCUT2D eigenvalue weighted by molar-refractivity contribution is 0.426. The predicted octanol–water partition coefficient (Wildman–Crippen LogP) is 6.54. The Morgan fingerprint density at radius 3 is 1.59 bits per heavy atom. The van der Waals surface area contributed by atoms with Gasteiger partial charge in [-0.1, -0.05) is 98.7 Å². The molecule has 0 aliphatic heterocycles. The van der Waals surface area contributed by atoms with E-state index in [1.54, 1.807) is 61.2 Å². The number of rotatable bonds is 2. The van der Waals surface area contributed by atoms with E-state index in [-0.39, 0.29) is 14.9 Å². The topological polar surface area (TPSA) is 66.2 Å². The number of benzene rings is 2. The van der Waals surface area contributed by atoms with Crippen molar-refractivity contribution >= 4 is 51.7 Å². The van der Waals surface area contributed by atoms with Crippen LogP contribution in [0, 0.1) is 0 Å². The summed E-state index contributed by atoms with van der Waals surface area (Å²) in [7, 11) is -1.34. The lowest BCUT2D eigenvalue weighted by atomic mass is 9.81. The van der Waals surface area contributed by atoms with Gasteiger partial charge >= 0.3 is 7.12 Å². The van der Waals surface area contributed by atoms with Crippen LogP contribution in [0.25, 0.3) is 11.1 Å². The second-order valence-corrected chi connectivity index (χ2v) is 7.46. The van der Waals surface area contributed by atoms with Crippen molar-refractivity contribution in [2.24, 2.45) is 0 Å². The Balaban J connectivity index is 0.000000453. The van der Waals surface area contributed by atoms with E-state index in [4.69, 9.17) is 33.2 Å². The van der Waals surface area contributed by atoms with Gasteiger partial charge < -0.3 is 10.0 Å². The molecule has 168 valence electrons. The number of pyridine rings is 2. The molecule has 0 atom stereocenters. The van der Waals surface area contributed by atoms with Crippen molar-refractivity contribution in [1.29, 1.82) is 0 Å². The van der Waals surface area contributed by atoms with Gasteiger partial charge in [0.1, 0.15) is 0 Å². The van der Waals surface area contributed by atoms with Gasteiger partial charge in [-0.25, -0.2) is 0 Å². The van der Waals surface area contributed by atoms with Crippen LogP contribution in [0.1, 0.15) is 14.9 Å². The van der Waals surface area contributed by atoms with Gasteiger partial charge in [0.2, 0.25) is 0 Å².